The van der Waals surface area contributed by atoms with Crippen LogP contribution in [0.5, 0.6) is 5.75 Å². The second-order valence-corrected chi connectivity index (χ2v) is 6.61. The van der Waals surface area contributed by atoms with E-state index >= 15 is 0 Å². The molecule has 0 N–H and O–H groups in total. The SMILES string of the molecule is Cc1nccn1-c1cccc(C2CCCN2C(=O)COc2ccccc2)n1. The van der Waals surface area contributed by atoms with Crippen LogP contribution in [-0.2, 0) is 4.79 Å². The number of carbonyl (C=O) groups is 1. The van der Waals surface area contributed by atoms with Gasteiger partial charge in [0.15, 0.2) is 6.61 Å². The maximum atomic E-state index is 12.7. The number of aryl methyl sites for hydroxylation is 1. The first-order chi connectivity index (χ1) is 13.2. The summed E-state index contributed by atoms with van der Waals surface area (Å²) in [6.45, 7) is 2.72. The fraction of sp³-hybridized carbons (Fsp3) is 0.286. The van der Waals surface area contributed by atoms with E-state index in [2.05, 4.69) is 4.98 Å². The highest BCUT2D eigenvalue weighted by atomic mass is 16.5. The Morgan fingerprint density at radius 2 is 2.04 bits per heavy atom. The van der Waals surface area contributed by atoms with E-state index in [4.69, 9.17) is 9.72 Å². The number of rotatable bonds is 5. The van der Waals surface area contributed by atoms with Gasteiger partial charge >= 0.3 is 0 Å². The molecule has 1 aliphatic heterocycles. The Bertz CT molecular complexity index is 923. The minimum atomic E-state index is -0.0133. The first-order valence-corrected chi connectivity index (χ1v) is 9.17. The smallest absolute Gasteiger partial charge is 0.261 e. The van der Waals surface area contributed by atoms with E-state index in [9.17, 15) is 4.79 Å². The molecular weight excluding hydrogens is 340 g/mol. The Morgan fingerprint density at radius 1 is 1.19 bits per heavy atom. The highest BCUT2D eigenvalue weighted by molar-refractivity contribution is 5.78. The predicted octanol–water partition coefficient (Wildman–Crippen LogP) is 3.32. The molecule has 4 rings (SSSR count). The van der Waals surface area contributed by atoms with Gasteiger partial charge < -0.3 is 9.64 Å². The molecule has 1 unspecified atom stereocenters. The Balaban J connectivity index is 1.50. The number of benzene rings is 1. The van der Waals surface area contributed by atoms with E-state index < -0.39 is 0 Å². The summed E-state index contributed by atoms with van der Waals surface area (Å²) < 4.78 is 7.59. The highest BCUT2D eigenvalue weighted by Crippen LogP contribution is 2.31. The fourth-order valence-electron chi connectivity index (χ4n) is 3.50. The molecule has 6 heteroatoms. The van der Waals surface area contributed by atoms with Crippen LogP contribution in [0.3, 0.4) is 0 Å². The lowest BCUT2D eigenvalue weighted by Gasteiger charge is -2.24. The lowest BCUT2D eigenvalue weighted by molar-refractivity contribution is -0.134. The van der Waals surface area contributed by atoms with E-state index in [0.29, 0.717) is 5.75 Å². The van der Waals surface area contributed by atoms with Gasteiger partial charge in [-0.2, -0.15) is 0 Å². The number of hydrogen-bond acceptors (Lipinski definition) is 4. The number of imidazole rings is 1. The van der Waals surface area contributed by atoms with Gasteiger partial charge in [-0.05, 0) is 44.0 Å². The molecule has 2 aromatic heterocycles. The number of aromatic nitrogens is 3. The monoisotopic (exact) mass is 362 g/mol. The van der Waals surface area contributed by atoms with Crippen molar-refractivity contribution in [3.8, 4) is 11.6 Å². The van der Waals surface area contributed by atoms with Crippen molar-refractivity contribution in [3.63, 3.8) is 0 Å². The summed E-state index contributed by atoms with van der Waals surface area (Å²) in [5, 5.41) is 0. The number of nitrogens with zero attached hydrogens (tertiary/aromatic N) is 4. The minimum Gasteiger partial charge on any atom is -0.484 e. The molecule has 0 spiro atoms. The third kappa shape index (κ3) is 3.69. The maximum absolute atomic E-state index is 12.7. The van der Waals surface area contributed by atoms with Crippen molar-refractivity contribution >= 4 is 5.91 Å². The van der Waals surface area contributed by atoms with Gasteiger partial charge in [0.05, 0.1) is 11.7 Å². The zero-order valence-corrected chi connectivity index (χ0v) is 15.3. The van der Waals surface area contributed by atoms with E-state index in [-0.39, 0.29) is 18.6 Å². The zero-order valence-electron chi connectivity index (χ0n) is 15.3. The number of ether oxygens (including phenoxy) is 1. The van der Waals surface area contributed by atoms with Crippen LogP contribution in [0.15, 0.2) is 60.9 Å². The molecule has 0 aliphatic carbocycles. The number of para-hydroxylation sites is 1. The van der Waals surface area contributed by atoms with Crippen LogP contribution in [0.4, 0.5) is 0 Å². The van der Waals surface area contributed by atoms with Crippen LogP contribution in [0.1, 0.15) is 30.4 Å². The molecule has 27 heavy (non-hydrogen) atoms. The molecule has 6 nitrogen and oxygen atoms in total. The normalized spacial score (nSPS) is 16.5. The quantitative estimate of drug-likeness (QED) is 0.699. The standard InChI is InChI=1S/C21H22N4O2/c1-16-22-12-14-24(16)20-11-5-9-18(23-20)19-10-6-13-25(19)21(26)15-27-17-7-3-2-4-8-17/h2-5,7-9,11-12,14,19H,6,10,13,15H2,1H3. The largest absolute Gasteiger partial charge is 0.484 e. The molecule has 1 amide bonds. The van der Waals surface area contributed by atoms with Gasteiger partial charge in [0, 0.05) is 18.9 Å². The maximum Gasteiger partial charge on any atom is 0.261 e. The second-order valence-electron chi connectivity index (χ2n) is 6.61. The average molecular weight is 362 g/mol. The van der Waals surface area contributed by atoms with E-state index in [1.165, 1.54) is 0 Å². The van der Waals surface area contributed by atoms with Crippen LogP contribution in [0.25, 0.3) is 5.82 Å². The van der Waals surface area contributed by atoms with Crippen molar-refractivity contribution in [3.05, 3.63) is 72.4 Å². The summed E-state index contributed by atoms with van der Waals surface area (Å²) in [4.78, 5) is 23.7. The van der Waals surface area contributed by atoms with Gasteiger partial charge in [0.1, 0.15) is 17.4 Å². The van der Waals surface area contributed by atoms with Crippen LogP contribution in [0, 0.1) is 6.92 Å². The molecule has 3 aromatic rings. The molecular formula is C21H22N4O2. The molecule has 0 bridgehead atoms. The van der Waals surface area contributed by atoms with Gasteiger partial charge in [0.25, 0.3) is 5.91 Å². The van der Waals surface area contributed by atoms with Crippen LogP contribution < -0.4 is 4.74 Å². The predicted molar refractivity (Wildman–Crippen MR) is 102 cm³/mol. The van der Waals surface area contributed by atoms with E-state index in [1.54, 1.807) is 6.20 Å². The minimum absolute atomic E-state index is 0.00707. The Labute approximate surface area is 158 Å². The lowest BCUT2D eigenvalue weighted by atomic mass is 10.1. The van der Waals surface area contributed by atoms with Gasteiger partial charge in [0.2, 0.25) is 0 Å². The van der Waals surface area contributed by atoms with Crippen molar-refractivity contribution < 1.29 is 9.53 Å². The summed E-state index contributed by atoms with van der Waals surface area (Å²) in [7, 11) is 0. The average Bonchev–Trinajstić information content (AvgIpc) is 3.36. The molecule has 1 aliphatic rings. The summed E-state index contributed by atoms with van der Waals surface area (Å²) in [6, 6.07) is 15.3. The summed E-state index contributed by atoms with van der Waals surface area (Å²) in [5.74, 6) is 2.40. The van der Waals surface area contributed by atoms with Gasteiger partial charge in [-0.3, -0.25) is 9.36 Å². The summed E-state index contributed by atoms with van der Waals surface area (Å²) >= 11 is 0. The molecule has 138 valence electrons. The zero-order chi connectivity index (χ0) is 18.6. The molecule has 0 radical (unpaired) electrons. The van der Waals surface area contributed by atoms with Crippen LogP contribution in [0.2, 0.25) is 0 Å². The van der Waals surface area contributed by atoms with E-state index in [0.717, 1.165) is 36.7 Å². The number of hydrogen-bond donors (Lipinski definition) is 0. The second kappa shape index (κ2) is 7.61. The third-order valence-corrected chi connectivity index (χ3v) is 4.85. The van der Waals surface area contributed by atoms with Gasteiger partial charge in [-0.1, -0.05) is 24.3 Å². The Hall–Kier alpha value is -3.15. The van der Waals surface area contributed by atoms with Gasteiger partial charge in [-0.15, -0.1) is 0 Å². The number of pyridine rings is 1. The lowest BCUT2D eigenvalue weighted by Crippen LogP contribution is -2.34. The molecule has 0 saturated carbocycles. The Kier molecular flexibility index (Phi) is 4.87. The van der Waals surface area contributed by atoms with Crippen LogP contribution >= 0.6 is 0 Å². The first-order valence-electron chi connectivity index (χ1n) is 9.17. The molecule has 1 aromatic carbocycles. The number of carbonyl (C=O) groups excluding carboxylic acids is 1. The number of likely N-dealkylation sites (tertiary alicyclic amines) is 1. The van der Waals surface area contributed by atoms with Crippen molar-refractivity contribution in [2.24, 2.45) is 0 Å². The number of amides is 1. The summed E-state index contributed by atoms with van der Waals surface area (Å²) in [5.41, 5.74) is 0.908. The summed E-state index contributed by atoms with van der Waals surface area (Å²) in [6.07, 6.45) is 5.54. The molecule has 1 atom stereocenters. The van der Waals surface area contributed by atoms with Crippen LogP contribution in [-0.4, -0.2) is 38.5 Å². The molecule has 3 heterocycles. The topological polar surface area (TPSA) is 60.2 Å². The molecule has 1 saturated heterocycles. The Morgan fingerprint density at radius 3 is 2.81 bits per heavy atom. The first kappa shape index (κ1) is 17.3. The van der Waals surface area contributed by atoms with Gasteiger partial charge in [-0.25, -0.2) is 9.97 Å². The van der Waals surface area contributed by atoms with Crippen molar-refractivity contribution in [1.82, 2.24) is 19.4 Å². The van der Waals surface area contributed by atoms with Crippen molar-refractivity contribution in [2.45, 2.75) is 25.8 Å². The van der Waals surface area contributed by atoms with Crippen molar-refractivity contribution in [2.75, 3.05) is 13.2 Å². The van der Waals surface area contributed by atoms with E-state index in [1.807, 2.05) is 71.1 Å². The fourth-order valence-corrected chi connectivity index (χ4v) is 3.50. The third-order valence-electron chi connectivity index (χ3n) is 4.85. The van der Waals surface area contributed by atoms with Crippen molar-refractivity contribution in [1.29, 1.82) is 0 Å². The molecule has 1 fully saturated rings. The highest BCUT2D eigenvalue weighted by Gasteiger charge is 2.31.